The lowest BCUT2D eigenvalue weighted by atomic mass is 9.77. The number of carbonyl (C=O) groups is 1. The van der Waals surface area contributed by atoms with Crippen LogP contribution < -0.4 is 0 Å². The number of Topliss-reactive ketones (excluding diaryl/α,β-unsaturated/α-hetero) is 1. The molecule has 1 aromatic carbocycles. The topological polar surface area (TPSA) is 20.3 Å². The molecule has 1 fully saturated rings. The third-order valence-corrected chi connectivity index (χ3v) is 5.30. The van der Waals surface area contributed by atoms with E-state index in [4.69, 9.17) is 0 Å². The number of rotatable bonds is 3. The van der Waals surface area contributed by atoms with E-state index in [0.29, 0.717) is 12.0 Å². The normalized spacial score (nSPS) is 21.0. The Bertz CT molecular complexity index is 475. The maximum Gasteiger partial charge on any atom is 0.176 e. The SMILES string of the molecule is CC(C)(C)C1CCCN(CC(=O)c2ccc(I)cc2)CC1. The minimum Gasteiger partial charge on any atom is -0.296 e. The van der Waals surface area contributed by atoms with Gasteiger partial charge >= 0.3 is 0 Å². The molecule has 0 bridgehead atoms. The Labute approximate surface area is 142 Å². The first kappa shape index (κ1) is 16.9. The molecular formula is C18H26INO. The van der Waals surface area contributed by atoms with E-state index in [1.807, 2.05) is 24.3 Å². The molecule has 1 aliphatic heterocycles. The number of halogens is 1. The van der Waals surface area contributed by atoms with Crippen molar-refractivity contribution in [2.24, 2.45) is 11.3 Å². The van der Waals surface area contributed by atoms with Crippen LogP contribution >= 0.6 is 22.6 Å². The molecule has 0 N–H and O–H groups in total. The molecule has 1 aromatic rings. The Hall–Kier alpha value is -0.420. The summed E-state index contributed by atoms with van der Waals surface area (Å²) in [5.74, 6) is 1.02. The maximum atomic E-state index is 12.4. The van der Waals surface area contributed by atoms with E-state index >= 15 is 0 Å². The van der Waals surface area contributed by atoms with Gasteiger partial charge in [0.2, 0.25) is 0 Å². The lowest BCUT2D eigenvalue weighted by Crippen LogP contribution is -2.31. The van der Waals surface area contributed by atoms with Crippen molar-refractivity contribution in [3.63, 3.8) is 0 Å². The summed E-state index contributed by atoms with van der Waals surface area (Å²) in [4.78, 5) is 14.7. The molecule has 1 heterocycles. The van der Waals surface area contributed by atoms with Crippen LogP contribution in [0.5, 0.6) is 0 Å². The molecule has 1 atom stereocenters. The van der Waals surface area contributed by atoms with Crippen LogP contribution in [0, 0.1) is 14.9 Å². The molecule has 1 saturated heterocycles. The zero-order valence-corrected chi connectivity index (χ0v) is 15.5. The number of hydrogen-bond acceptors (Lipinski definition) is 2. The van der Waals surface area contributed by atoms with Gasteiger partial charge < -0.3 is 0 Å². The van der Waals surface area contributed by atoms with Crippen molar-refractivity contribution in [3.05, 3.63) is 33.4 Å². The first-order chi connectivity index (χ1) is 9.86. The quantitative estimate of drug-likeness (QED) is 0.546. The lowest BCUT2D eigenvalue weighted by Gasteiger charge is -2.29. The van der Waals surface area contributed by atoms with Gasteiger partial charge in [-0.3, -0.25) is 9.69 Å². The van der Waals surface area contributed by atoms with E-state index in [9.17, 15) is 4.79 Å². The van der Waals surface area contributed by atoms with Gasteiger partial charge in [0.25, 0.3) is 0 Å². The fraction of sp³-hybridized carbons (Fsp3) is 0.611. The molecule has 2 nitrogen and oxygen atoms in total. The molecule has 21 heavy (non-hydrogen) atoms. The van der Waals surface area contributed by atoms with Crippen LogP contribution in [0.3, 0.4) is 0 Å². The van der Waals surface area contributed by atoms with Gasteiger partial charge in [0.15, 0.2) is 5.78 Å². The number of ketones is 1. The van der Waals surface area contributed by atoms with Gasteiger partial charge in [-0.25, -0.2) is 0 Å². The highest BCUT2D eigenvalue weighted by atomic mass is 127. The van der Waals surface area contributed by atoms with Crippen molar-refractivity contribution < 1.29 is 4.79 Å². The molecule has 0 aliphatic carbocycles. The van der Waals surface area contributed by atoms with Crippen LogP contribution in [0.15, 0.2) is 24.3 Å². The summed E-state index contributed by atoms with van der Waals surface area (Å²) in [6.45, 7) is 9.69. The minimum absolute atomic E-state index is 0.251. The molecule has 0 saturated carbocycles. The van der Waals surface area contributed by atoms with E-state index in [-0.39, 0.29) is 5.78 Å². The van der Waals surface area contributed by atoms with E-state index in [1.165, 1.54) is 22.8 Å². The van der Waals surface area contributed by atoms with E-state index in [0.717, 1.165) is 24.6 Å². The Morgan fingerprint density at radius 3 is 2.48 bits per heavy atom. The average molecular weight is 399 g/mol. The number of hydrogen-bond donors (Lipinski definition) is 0. The Morgan fingerprint density at radius 2 is 1.86 bits per heavy atom. The molecule has 1 aliphatic rings. The summed E-state index contributed by atoms with van der Waals surface area (Å²) in [6.07, 6.45) is 3.71. The summed E-state index contributed by atoms with van der Waals surface area (Å²) in [6, 6.07) is 7.90. The highest BCUT2D eigenvalue weighted by Gasteiger charge is 2.27. The van der Waals surface area contributed by atoms with Gasteiger partial charge in [-0.1, -0.05) is 32.9 Å². The Kier molecular flexibility index (Phi) is 5.83. The van der Waals surface area contributed by atoms with Crippen molar-refractivity contribution in [2.75, 3.05) is 19.6 Å². The van der Waals surface area contributed by atoms with E-state index < -0.39 is 0 Å². The van der Waals surface area contributed by atoms with E-state index in [1.54, 1.807) is 0 Å². The van der Waals surface area contributed by atoms with Crippen molar-refractivity contribution in [1.29, 1.82) is 0 Å². The first-order valence-corrected chi connectivity index (χ1v) is 8.95. The fourth-order valence-electron chi connectivity index (χ4n) is 3.11. The maximum absolute atomic E-state index is 12.4. The summed E-state index contributed by atoms with van der Waals surface area (Å²) < 4.78 is 1.17. The smallest absolute Gasteiger partial charge is 0.176 e. The van der Waals surface area contributed by atoms with Crippen LogP contribution in [0.4, 0.5) is 0 Å². The van der Waals surface area contributed by atoms with Gasteiger partial charge in [0.1, 0.15) is 0 Å². The largest absolute Gasteiger partial charge is 0.296 e. The first-order valence-electron chi connectivity index (χ1n) is 7.87. The van der Waals surface area contributed by atoms with Crippen molar-refractivity contribution >= 4 is 28.4 Å². The van der Waals surface area contributed by atoms with E-state index in [2.05, 4.69) is 48.3 Å². The molecule has 0 spiro atoms. The van der Waals surface area contributed by atoms with Gasteiger partial charge in [0, 0.05) is 9.13 Å². The molecule has 2 rings (SSSR count). The van der Waals surface area contributed by atoms with Gasteiger partial charge in [-0.15, -0.1) is 0 Å². The monoisotopic (exact) mass is 399 g/mol. The zero-order chi connectivity index (χ0) is 15.5. The average Bonchev–Trinajstić information content (AvgIpc) is 2.64. The van der Waals surface area contributed by atoms with Crippen LogP contribution in [0.1, 0.15) is 50.4 Å². The molecule has 116 valence electrons. The van der Waals surface area contributed by atoms with Crippen LogP contribution in [-0.2, 0) is 0 Å². The van der Waals surface area contributed by atoms with Crippen molar-refractivity contribution in [1.82, 2.24) is 4.90 Å². The predicted molar refractivity (Wildman–Crippen MR) is 96.7 cm³/mol. The standard InChI is InChI=1S/C18H26INO/c1-18(2,3)15-5-4-11-20(12-10-15)13-17(21)14-6-8-16(19)9-7-14/h6-9,15H,4-5,10-13H2,1-3H3. The number of likely N-dealkylation sites (tertiary alicyclic amines) is 1. The summed E-state index contributed by atoms with van der Waals surface area (Å²) >= 11 is 2.27. The highest BCUT2D eigenvalue weighted by molar-refractivity contribution is 14.1. The van der Waals surface area contributed by atoms with Gasteiger partial charge in [-0.2, -0.15) is 0 Å². The van der Waals surface area contributed by atoms with Crippen LogP contribution in [-0.4, -0.2) is 30.3 Å². The van der Waals surface area contributed by atoms with Gasteiger partial charge in [-0.05, 0) is 78.4 Å². The predicted octanol–water partition coefficient (Wildman–Crippen LogP) is 4.62. The molecule has 3 heteroatoms. The molecular weight excluding hydrogens is 373 g/mol. The molecule has 1 unspecified atom stereocenters. The lowest BCUT2D eigenvalue weighted by molar-refractivity contribution is 0.0930. The number of carbonyl (C=O) groups excluding carboxylic acids is 1. The van der Waals surface area contributed by atoms with Crippen LogP contribution in [0.2, 0.25) is 0 Å². The number of benzene rings is 1. The van der Waals surface area contributed by atoms with Crippen LogP contribution in [0.25, 0.3) is 0 Å². The minimum atomic E-state index is 0.251. The van der Waals surface area contributed by atoms with Crippen molar-refractivity contribution in [2.45, 2.75) is 40.0 Å². The third kappa shape index (κ3) is 5.06. The summed E-state index contributed by atoms with van der Waals surface area (Å²) in [7, 11) is 0. The number of nitrogens with zero attached hydrogens (tertiary/aromatic N) is 1. The fourth-order valence-corrected chi connectivity index (χ4v) is 3.47. The molecule has 0 radical (unpaired) electrons. The molecule has 0 amide bonds. The molecule has 0 aromatic heterocycles. The zero-order valence-electron chi connectivity index (χ0n) is 13.4. The Balaban J connectivity index is 1.91. The van der Waals surface area contributed by atoms with Crippen molar-refractivity contribution in [3.8, 4) is 0 Å². The summed E-state index contributed by atoms with van der Waals surface area (Å²) in [5.41, 5.74) is 1.22. The third-order valence-electron chi connectivity index (χ3n) is 4.58. The van der Waals surface area contributed by atoms with Gasteiger partial charge in [0.05, 0.1) is 6.54 Å². The second-order valence-electron chi connectivity index (χ2n) is 7.20. The Morgan fingerprint density at radius 1 is 1.19 bits per heavy atom. The summed E-state index contributed by atoms with van der Waals surface area (Å²) in [5, 5.41) is 0. The highest BCUT2D eigenvalue weighted by Crippen LogP contribution is 2.34. The second kappa shape index (κ2) is 7.23. The second-order valence-corrected chi connectivity index (χ2v) is 8.45.